The van der Waals surface area contributed by atoms with E-state index >= 15 is 0 Å². The molecule has 1 aliphatic heterocycles. The molecule has 120 valence electrons. The second-order valence-corrected chi connectivity index (χ2v) is 8.77. The lowest BCUT2D eigenvalue weighted by molar-refractivity contribution is 0.424. The smallest absolute Gasteiger partial charge is 0.252 e. The largest absolute Gasteiger partial charge is 0.356 e. The Morgan fingerprint density at radius 1 is 1.18 bits per heavy atom. The van der Waals surface area contributed by atoms with Crippen LogP contribution in [0.5, 0.6) is 0 Å². The highest BCUT2D eigenvalue weighted by Gasteiger charge is 2.27. The Balaban J connectivity index is 1.91. The zero-order chi connectivity index (χ0) is 15.7. The number of nitrogens with zero attached hydrogens (tertiary/aromatic N) is 2. The highest BCUT2D eigenvalue weighted by atomic mass is 32.2. The summed E-state index contributed by atoms with van der Waals surface area (Å²) in [6.45, 7) is 5.05. The zero-order valence-corrected chi connectivity index (χ0v) is 14.5. The van der Waals surface area contributed by atoms with Crippen LogP contribution in [0.2, 0.25) is 0 Å². The van der Waals surface area contributed by atoms with Crippen LogP contribution in [0.25, 0.3) is 11.3 Å². The van der Waals surface area contributed by atoms with Gasteiger partial charge in [-0.15, -0.1) is 11.3 Å². The molecule has 0 radical (unpaired) electrons. The van der Waals surface area contributed by atoms with E-state index < -0.39 is 10.0 Å². The number of aryl methyl sites for hydroxylation is 1. The van der Waals surface area contributed by atoms with Crippen molar-refractivity contribution in [3.63, 3.8) is 0 Å². The van der Waals surface area contributed by atoms with Gasteiger partial charge in [0, 0.05) is 29.6 Å². The van der Waals surface area contributed by atoms with Gasteiger partial charge in [0.25, 0.3) is 10.0 Å². The molecule has 0 amide bonds. The third-order valence-electron chi connectivity index (χ3n) is 4.15. The summed E-state index contributed by atoms with van der Waals surface area (Å²) in [4.78, 5) is 0. The van der Waals surface area contributed by atoms with E-state index in [-0.39, 0.29) is 0 Å². The van der Waals surface area contributed by atoms with Crippen LogP contribution >= 0.6 is 11.3 Å². The average molecular weight is 340 g/mol. The minimum absolute atomic E-state index is 0.387. The van der Waals surface area contributed by atoms with Gasteiger partial charge in [-0.2, -0.15) is 4.31 Å². The molecule has 1 fully saturated rings. The summed E-state index contributed by atoms with van der Waals surface area (Å²) in [5.74, 6) is 0.658. The number of sulfonamides is 1. The molecule has 2 aromatic rings. The summed E-state index contributed by atoms with van der Waals surface area (Å²) in [5, 5.41) is 5.77. The van der Waals surface area contributed by atoms with Crippen molar-refractivity contribution in [1.82, 2.24) is 9.46 Å². The number of aromatic nitrogens is 1. The van der Waals surface area contributed by atoms with Gasteiger partial charge in [0.1, 0.15) is 4.21 Å². The highest BCUT2D eigenvalue weighted by molar-refractivity contribution is 7.91. The molecule has 2 aromatic heterocycles. The second-order valence-electron chi connectivity index (χ2n) is 5.69. The van der Waals surface area contributed by atoms with Crippen molar-refractivity contribution in [2.24, 2.45) is 0 Å². The number of thiophene rings is 1. The Bertz CT molecular complexity index is 754. The first kappa shape index (κ1) is 15.7. The molecular formula is C15H20N2O3S2. The number of hydrogen-bond donors (Lipinski definition) is 0. The van der Waals surface area contributed by atoms with Crippen LogP contribution in [0, 0.1) is 13.8 Å². The fraction of sp³-hybridized carbons (Fsp3) is 0.533. The van der Waals surface area contributed by atoms with Gasteiger partial charge in [-0.1, -0.05) is 18.0 Å². The maximum Gasteiger partial charge on any atom is 0.252 e. The summed E-state index contributed by atoms with van der Waals surface area (Å²) in [5.41, 5.74) is 2.58. The Hall–Kier alpha value is -1.18. The van der Waals surface area contributed by atoms with Gasteiger partial charge in [0.15, 0.2) is 5.76 Å². The van der Waals surface area contributed by atoms with E-state index in [9.17, 15) is 8.42 Å². The Morgan fingerprint density at radius 3 is 2.45 bits per heavy atom. The first-order valence-corrected chi connectivity index (χ1v) is 9.84. The van der Waals surface area contributed by atoms with E-state index in [1.165, 1.54) is 11.3 Å². The Kier molecular flexibility index (Phi) is 4.38. The molecule has 1 aliphatic rings. The van der Waals surface area contributed by atoms with Crippen LogP contribution in [-0.2, 0) is 10.0 Å². The van der Waals surface area contributed by atoms with Gasteiger partial charge in [0.2, 0.25) is 0 Å². The lowest BCUT2D eigenvalue weighted by atomic mass is 10.1. The maximum absolute atomic E-state index is 12.8. The SMILES string of the molecule is Cc1noc(-c2csc(S(=O)(=O)N3CCCCCC3)c2)c1C. The quantitative estimate of drug-likeness (QED) is 0.856. The summed E-state index contributed by atoms with van der Waals surface area (Å²) in [7, 11) is -3.39. The summed E-state index contributed by atoms with van der Waals surface area (Å²) in [6, 6.07) is 1.71. The van der Waals surface area contributed by atoms with Crippen LogP contribution in [0.4, 0.5) is 0 Å². The van der Waals surface area contributed by atoms with Crippen molar-refractivity contribution in [2.75, 3.05) is 13.1 Å². The summed E-state index contributed by atoms with van der Waals surface area (Å²) in [6.07, 6.45) is 4.10. The van der Waals surface area contributed by atoms with Crippen LogP contribution < -0.4 is 0 Å². The molecule has 0 unspecified atom stereocenters. The molecule has 3 heterocycles. The lowest BCUT2D eigenvalue weighted by Gasteiger charge is -2.18. The topological polar surface area (TPSA) is 63.4 Å². The van der Waals surface area contributed by atoms with Crippen molar-refractivity contribution < 1.29 is 12.9 Å². The fourth-order valence-corrected chi connectivity index (χ4v) is 5.49. The van der Waals surface area contributed by atoms with Crippen molar-refractivity contribution in [1.29, 1.82) is 0 Å². The van der Waals surface area contributed by atoms with Crippen LogP contribution in [0.1, 0.15) is 36.9 Å². The molecule has 1 saturated heterocycles. The first-order valence-electron chi connectivity index (χ1n) is 7.52. The van der Waals surface area contributed by atoms with Gasteiger partial charge in [-0.05, 0) is 32.8 Å². The molecule has 22 heavy (non-hydrogen) atoms. The van der Waals surface area contributed by atoms with Crippen LogP contribution in [0.15, 0.2) is 20.2 Å². The zero-order valence-electron chi connectivity index (χ0n) is 12.8. The third-order valence-corrected chi connectivity index (χ3v) is 7.47. The molecule has 0 spiro atoms. The molecule has 0 atom stereocenters. The monoisotopic (exact) mass is 340 g/mol. The standard InChI is InChI=1S/C15H20N2O3S2/c1-11-12(2)16-20-15(11)13-9-14(21-10-13)22(18,19)17-7-5-3-4-6-8-17/h9-10H,3-8H2,1-2H3. The van der Waals surface area contributed by atoms with Gasteiger partial charge in [-0.3, -0.25) is 0 Å². The minimum atomic E-state index is -3.39. The van der Waals surface area contributed by atoms with Crippen molar-refractivity contribution in [3.8, 4) is 11.3 Å². The molecule has 0 aromatic carbocycles. The van der Waals surface area contributed by atoms with E-state index in [1.807, 2.05) is 19.2 Å². The molecule has 0 saturated carbocycles. The average Bonchev–Trinajstić information content (AvgIpc) is 2.98. The normalized spacial score (nSPS) is 17.5. The van der Waals surface area contributed by atoms with Gasteiger partial charge < -0.3 is 4.52 Å². The van der Waals surface area contributed by atoms with Crippen molar-refractivity contribution in [2.45, 2.75) is 43.7 Å². The fourth-order valence-electron chi connectivity index (χ4n) is 2.66. The Morgan fingerprint density at radius 2 is 1.86 bits per heavy atom. The third kappa shape index (κ3) is 2.85. The van der Waals surface area contributed by atoms with E-state index in [1.54, 1.807) is 10.4 Å². The highest BCUT2D eigenvalue weighted by Crippen LogP contribution is 2.33. The van der Waals surface area contributed by atoms with E-state index in [2.05, 4.69) is 5.16 Å². The maximum atomic E-state index is 12.8. The molecule has 7 heteroatoms. The predicted octanol–water partition coefficient (Wildman–Crippen LogP) is 3.58. The van der Waals surface area contributed by atoms with E-state index in [0.717, 1.165) is 42.5 Å². The van der Waals surface area contributed by atoms with Gasteiger partial charge in [-0.25, -0.2) is 8.42 Å². The Labute approximate surface area is 135 Å². The molecule has 0 N–H and O–H groups in total. The molecular weight excluding hydrogens is 320 g/mol. The van der Waals surface area contributed by atoms with Gasteiger partial charge in [0.05, 0.1) is 5.69 Å². The number of hydrogen-bond acceptors (Lipinski definition) is 5. The molecule has 0 aliphatic carbocycles. The van der Waals surface area contributed by atoms with E-state index in [4.69, 9.17) is 4.52 Å². The minimum Gasteiger partial charge on any atom is -0.356 e. The van der Waals surface area contributed by atoms with Crippen LogP contribution in [0.3, 0.4) is 0 Å². The molecule has 0 bridgehead atoms. The van der Waals surface area contributed by atoms with Crippen LogP contribution in [-0.4, -0.2) is 31.0 Å². The lowest BCUT2D eigenvalue weighted by Crippen LogP contribution is -2.31. The van der Waals surface area contributed by atoms with Crippen molar-refractivity contribution >= 4 is 21.4 Å². The summed E-state index contributed by atoms with van der Waals surface area (Å²) < 4.78 is 32.9. The first-order chi connectivity index (χ1) is 10.5. The van der Waals surface area contributed by atoms with Gasteiger partial charge >= 0.3 is 0 Å². The van der Waals surface area contributed by atoms with E-state index in [0.29, 0.717) is 23.1 Å². The molecule has 3 rings (SSSR count). The molecule has 5 nitrogen and oxygen atoms in total. The van der Waals surface area contributed by atoms with Crippen molar-refractivity contribution in [3.05, 3.63) is 22.7 Å². The number of rotatable bonds is 3. The predicted molar refractivity (Wildman–Crippen MR) is 86.5 cm³/mol. The second kappa shape index (κ2) is 6.14. The summed E-state index contributed by atoms with van der Waals surface area (Å²) >= 11 is 1.25.